The summed E-state index contributed by atoms with van der Waals surface area (Å²) in [6.07, 6.45) is 2.15. The van der Waals surface area contributed by atoms with Crippen LogP contribution in [0.4, 0.5) is 0 Å². The minimum absolute atomic E-state index is 0.0959. The van der Waals surface area contributed by atoms with E-state index in [0.29, 0.717) is 5.92 Å². The summed E-state index contributed by atoms with van der Waals surface area (Å²) in [5.41, 5.74) is 8.71. The molecular weight excluding hydrogens is 224 g/mol. The van der Waals surface area contributed by atoms with E-state index >= 15 is 0 Å². The fraction of sp³-hybridized carbons (Fsp3) is 0.600. The first-order valence-corrected chi connectivity index (χ1v) is 6.66. The molecule has 3 heteroatoms. The highest BCUT2D eigenvalue weighted by Gasteiger charge is 2.46. The van der Waals surface area contributed by atoms with Crippen LogP contribution in [-0.4, -0.2) is 19.7 Å². The standard InChI is InChI=1S/C15H24N2O/c1-10(2)11-5-6-12(13(9-11)18-4)14(17-3)15(16)7-8-15/h5-6,9-10,14,17H,7-8,16H2,1-4H3. The van der Waals surface area contributed by atoms with E-state index in [-0.39, 0.29) is 11.6 Å². The van der Waals surface area contributed by atoms with E-state index in [1.54, 1.807) is 7.11 Å². The van der Waals surface area contributed by atoms with Gasteiger partial charge >= 0.3 is 0 Å². The maximum Gasteiger partial charge on any atom is 0.123 e. The van der Waals surface area contributed by atoms with E-state index in [2.05, 4.69) is 37.4 Å². The van der Waals surface area contributed by atoms with Gasteiger partial charge in [-0.2, -0.15) is 0 Å². The molecule has 1 fully saturated rings. The van der Waals surface area contributed by atoms with Gasteiger partial charge in [-0.25, -0.2) is 0 Å². The van der Waals surface area contributed by atoms with Gasteiger partial charge in [0.25, 0.3) is 0 Å². The Balaban J connectivity index is 2.37. The summed E-state index contributed by atoms with van der Waals surface area (Å²) in [4.78, 5) is 0. The Morgan fingerprint density at radius 2 is 2.00 bits per heavy atom. The van der Waals surface area contributed by atoms with E-state index in [1.807, 2.05) is 7.05 Å². The van der Waals surface area contributed by atoms with Gasteiger partial charge in [-0.05, 0) is 37.4 Å². The van der Waals surface area contributed by atoms with Crippen molar-refractivity contribution in [1.29, 1.82) is 0 Å². The van der Waals surface area contributed by atoms with E-state index < -0.39 is 0 Å². The molecular formula is C15H24N2O. The first-order chi connectivity index (χ1) is 8.51. The van der Waals surface area contributed by atoms with Crippen molar-refractivity contribution >= 4 is 0 Å². The van der Waals surface area contributed by atoms with Crippen molar-refractivity contribution in [3.05, 3.63) is 29.3 Å². The molecule has 0 saturated heterocycles. The van der Waals surface area contributed by atoms with Crippen molar-refractivity contribution in [3.8, 4) is 5.75 Å². The van der Waals surface area contributed by atoms with Crippen LogP contribution in [0.15, 0.2) is 18.2 Å². The zero-order chi connectivity index (χ0) is 13.3. The van der Waals surface area contributed by atoms with Gasteiger partial charge in [-0.1, -0.05) is 26.0 Å². The molecule has 1 aromatic rings. The monoisotopic (exact) mass is 248 g/mol. The van der Waals surface area contributed by atoms with Crippen LogP contribution in [-0.2, 0) is 0 Å². The molecule has 0 heterocycles. The van der Waals surface area contributed by atoms with Crippen molar-refractivity contribution in [1.82, 2.24) is 5.32 Å². The first kappa shape index (κ1) is 13.4. The Morgan fingerprint density at radius 3 is 2.44 bits per heavy atom. The van der Waals surface area contributed by atoms with Crippen LogP contribution in [0.3, 0.4) is 0 Å². The molecule has 3 nitrogen and oxygen atoms in total. The van der Waals surface area contributed by atoms with Gasteiger partial charge in [0.05, 0.1) is 13.2 Å². The number of hydrogen-bond acceptors (Lipinski definition) is 3. The second-order valence-electron chi connectivity index (χ2n) is 5.61. The zero-order valence-electron chi connectivity index (χ0n) is 11.8. The largest absolute Gasteiger partial charge is 0.496 e. The third kappa shape index (κ3) is 2.38. The van der Waals surface area contributed by atoms with Crippen LogP contribution >= 0.6 is 0 Å². The maximum atomic E-state index is 6.34. The Bertz CT molecular complexity index is 425. The van der Waals surface area contributed by atoms with Gasteiger partial charge in [0, 0.05) is 11.1 Å². The molecule has 1 aromatic carbocycles. The highest BCUT2D eigenvalue weighted by atomic mass is 16.5. The minimum Gasteiger partial charge on any atom is -0.496 e. The molecule has 2 rings (SSSR count). The summed E-state index contributed by atoms with van der Waals surface area (Å²) >= 11 is 0. The molecule has 1 aliphatic carbocycles. The van der Waals surface area contributed by atoms with Crippen molar-refractivity contribution in [3.63, 3.8) is 0 Å². The second-order valence-corrected chi connectivity index (χ2v) is 5.61. The third-order valence-electron chi connectivity index (χ3n) is 3.93. The van der Waals surface area contributed by atoms with Crippen LogP contribution in [0.25, 0.3) is 0 Å². The summed E-state index contributed by atoms with van der Waals surface area (Å²) in [7, 11) is 3.69. The van der Waals surface area contributed by atoms with Gasteiger partial charge in [0.1, 0.15) is 5.75 Å². The lowest BCUT2D eigenvalue weighted by molar-refractivity contribution is 0.386. The number of nitrogens with one attached hydrogen (secondary N) is 1. The molecule has 0 spiro atoms. The Morgan fingerprint density at radius 1 is 1.33 bits per heavy atom. The summed E-state index contributed by atoms with van der Waals surface area (Å²) < 4.78 is 5.55. The van der Waals surface area contributed by atoms with Crippen LogP contribution in [0.2, 0.25) is 0 Å². The molecule has 18 heavy (non-hydrogen) atoms. The highest BCUT2D eigenvalue weighted by Crippen LogP contribution is 2.45. The summed E-state index contributed by atoms with van der Waals surface area (Å²) in [6, 6.07) is 6.64. The van der Waals surface area contributed by atoms with E-state index in [0.717, 1.165) is 18.6 Å². The molecule has 0 amide bonds. The van der Waals surface area contributed by atoms with Gasteiger partial charge in [0.15, 0.2) is 0 Å². The number of methoxy groups -OCH3 is 1. The molecule has 1 atom stereocenters. The molecule has 0 radical (unpaired) electrons. The SMILES string of the molecule is CNC(c1ccc(C(C)C)cc1OC)C1(N)CC1. The van der Waals surface area contributed by atoms with E-state index in [1.165, 1.54) is 11.1 Å². The number of hydrogen-bond donors (Lipinski definition) is 2. The quantitative estimate of drug-likeness (QED) is 0.842. The molecule has 0 aliphatic heterocycles. The van der Waals surface area contributed by atoms with Gasteiger partial charge in [-0.3, -0.25) is 0 Å². The topological polar surface area (TPSA) is 47.3 Å². The zero-order valence-corrected chi connectivity index (χ0v) is 11.8. The van der Waals surface area contributed by atoms with Gasteiger partial charge in [-0.15, -0.1) is 0 Å². The predicted molar refractivity (Wildman–Crippen MR) is 75.0 cm³/mol. The van der Waals surface area contributed by atoms with Crippen molar-refractivity contribution < 1.29 is 4.74 Å². The first-order valence-electron chi connectivity index (χ1n) is 6.66. The lowest BCUT2D eigenvalue weighted by Gasteiger charge is -2.26. The number of likely N-dealkylation sites (N-methyl/N-ethyl adjacent to an activating group) is 1. The third-order valence-corrected chi connectivity index (χ3v) is 3.93. The van der Waals surface area contributed by atoms with E-state index in [9.17, 15) is 0 Å². The molecule has 1 unspecified atom stereocenters. The number of rotatable bonds is 5. The van der Waals surface area contributed by atoms with Crippen molar-refractivity contribution in [2.24, 2.45) is 5.73 Å². The van der Waals surface area contributed by atoms with Crippen LogP contribution in [0.5, 0.6) is 5.75 Å². The summed E-state index contributed by atoms with van der Waals surface area (Å²) in [5, 5.41) is 3.34. The maximum absolute atomic E-state index is 6.34. The second kappa shape index (κ2) is 4.90. The molecule has 0 bridgehead atoms. The van der Waals surface area contributed by atoms with Crippen molar-refractivity contribution in [2.45, 2.75) is 44.2 Å². The van der Waals surface area contributed by atoms with Crippen LogP contribution < -0.4 is 15.8 Å². The van der Waals surface area contributed by atoms with Crippen LogP contribution in [0.1, 0.15) is 49.8 Å². The number of ether oxygens (including phenoxy) is 1. The Kier molecular flexibility index (Phi) is 3.64. The average molecular weight is 248 g/mol. The lowest BCUT2D eigenvalue weighted by atomic mass is 9.93. The predicted octanol–water partition coefficient (Wildman–Crippen LogP) is 2.57. The van der Waals surface area contributed by atoms with Gasteiger partial charge < -0.3 is 15.8 Å². The molecule has 3 N–H and O–H groups in total. The molecule has 1 saturated carbocycles. The smallest absolute Gasteiger partial charge is 0.123 e. The van der Waals surface area contributed by atoms with Crippen molar-refractivity contribution in [2.75, 3.05) is 14.2 Å². The molecule has 0 aromatic heterocycles. The van der Waals surface area contributed by atoms with Gasteiger partial charge in [0.2, 0.25) is 0 Å². The molecule has 100 valence electrons. The minimum atomic E-state index is -0.0959. The summed E-state index contributed by atoms with van der Waals surface area (Å²) in [5.74, 6) is 1.45. The summed E-state index contributed by atoms with van der Waals surface area (Å²) in [6.45, 7) is 4.38. The van der Waals surface area contributed by atoms with Crippen LogP contribution in [0, 0.1) is 0 Å². The van der Waals surface area contributed by atoms with E-state index in [4.69, 9.17) is 10.5 Å². The Labute approximate surface area is 110 Å². The number of nitrogens with two attached hydrogens (primary N) is 1. The molecule has 1 aliphatic rings. The Hall–Kier alpha value is -1.06. The average Bonchev–Trinajstić information content (AvgIpc) is 3.09. The fourth-order valence-electron chi connectivity index (χ4n) is 2.51. The lowest BCUT2D eigenvalue weighted by Crippen LogP contribution is -2.38. The number of benzene rings is 1. The fourth-order valence-corrected chi connectivity index (χ4v) is 2.51. The highest BCUT2D eigenvalue weighted by molar-refractivity contribution is 5.43. The normalized spacial score (nSPS) is 18.8.